The van der Waals surface area contributed by atoms with Crippen molar-refractivity contribution >= 4 is 35.2 Å². The SMILES string of the molecule is CC(C)(C)c1cc(N2C(=O)CCNC2=O)cc(C(=O)Nc2ccc(CC(=O)O)cc2)c1O. The molecule has 0 aliphatic carbocycles. The Labute approximate surface area is 185 Å². The molecule has 0 aromatic heterocycles. The third kappa shape index (κ3) is 4.88. The fourth-order valence-electron chi connectivity index (χ4n) is 3.41. The highest BCUT2D eigenvalue weighted by Gasteiger charge is 2.31. The molecule has 0 radical (unpaired) electrons. The Hall–Kier alpha value is -3.88. The second-order valence-corrected chi connectivity index (χ2v) is 8.57. The van der Waals surface area contributed by atoms with Gasteiger partial charge in [-0.25, -0.2) is 9.69 Å². The van der Waals surface area contributed by atoms with Crippen LogP contribution in [0.3, 0.4) is 0 Å². The Morgan fingerprint density at radius 3 is 2.34 bits per heavy atom. The van der Waals surface area contributed by atoms with Gasteiger partial charge in [0.05, 0.1) is 17.7 Å². The van der Waals surface area contributed by atoms with E-state index in [1.807, 2.05) is 20.8 Å². The van der Waals surface area contributed by atoms with Crippen LogP contribution < -0.4 is 15.5 Å². The van der Waals surface area contributed by atoms with Gasteiger partial charge in [-0.3, -0.25) is 14.4 Å². The quantitative estimate of drug-likeness (QED) is 0.565. The number of imide groups is 1. The Bertz CT molecular complexity index is 1070. The van der Waals surface area contributed by atoms with Gasteiger partial charge in [0.2, 0.25) is 5.91 Å². The molecule has 0 bridgehead atoms. The van der Waals surface area contributed by atoms with Crippen LogP contribution in [0.15, 0.2) is 36.4 Å². The Morgan fingerprint density at radius 2 is 1.78 bits per heavy atom. The van der Waals surface area contributed by atoms with Crippen LogP contribution in [-0.2, 0) is 21.4 Å². The second kappa shape index (κ2) is 8.70. The maximum Gasteiger partial charge on any atom is 0.328 e. The van der Waals surface area contributed by atoms with Crippen molar-refractivity contribution in [2.75, 3.05) is 16.8 Å². The highest BCUT2D eigenvalue weighted by Crippen LogP contribution is 2.38. The predicted molar refractivity (Wildman–Crippen MR) is 118 cm³/mol. The Balaban J connectivity index is 1.99. The molecule has 1 fully saturated rings. The number of phenols is 1. The number of amides is 4. The van der Waals surface area contributed by atoms with Crippen LogP contribution in [0.2, 0.25) is 0 Å². The van der Waals surface area contributed by atoms with Gasteiger partial charge in [-0.15, -0.1) is 0 Å². The lowest BCUT2D eigenvalue weighted by Gasteiger charge is -2.29. The normalized spacial score (nSPS) is 14.2. The molecule has 0 atom stereocenters. The predicted octanol–water partition coefficient (Wildman–Crippen LogP) is 3.02. The van der Waals surface area contributed by atoms with Gasteiger partial charge in [-0.1, -0.05) is 32.9 Å². The molecule has 168 valence electrons. The smallest absolute Gasteiger partial charge is 0.328 e. The minimum atomic E-state index is -0.963. The van der Waals surface area contributed by atoms with Crippen LogP contribution in [0, 0.1) is 0 Å². The van der Waals surface area contributed by atoms with Crippen molar-refractivity contribution in [1.82, 2.24) is 5.32 Å². The summed E-state index contributed by atoms with van der Waals surface area (Å²) in [6.45, 7) is 5.76. The minimum absolute atomic E-state index is 0.0896. The summed E-state index contributed by atoms with van der Waals surface area (Å²) in [5.41, 5.74) is 0.902. The monoisotopic (exact) mass is 439 g/mol. The molecule has 2 aromatic rings. The van der Waals surface area contributed by atoms with Gasteiger partial charge < -0.3 is 20.8 Å². The number of benzene rings is 2. The number of phenolic OH excluding ortho intramolecular Hbond substituents is 1. The molecule has 1 aliphatic heterocycles. The molecule has 4 amide bonds. The summed E-state index contributed by atoms with van der Waals surface area (Å²) >= 11 is 0. The van der Waals surface area contributed by atoms with Crippen molar-refractivity contribution in [3.05, 3.63) is 53.1 Å². The van der Waals surface area contributed by atoms with Crippen LogP contribution in [0.4, 0.5) is 16.2 Å². The Morgan fingerprint density at radius 1 is 1.12 bits per heavy atom. The number of hydrogen-bond donors (Lipinski definition) is 4. The molecule has 32 heavy (non-hydrogen) atoms. The van der Waals surface area contributed by atoms with E-state index in [9.17, 15) is 24.3 Å². The average molecular weight is 439 g/mol. The third-order valence-electron chi connectivity index (χ3n) is 5.04. The van der Waals surface area contributed by atoms with Gasteiger partial charge in [0.1, 0.15) is 5.75 Å². The van der Waals surface area contributed by atoms with E-state index < -0.39 is 29.2 Å². The lowest BCUT2D eigenvalue weighted by Crippen LogP contribution is -2.50. The number of anilines is 2. The number of rotatable bonds is 5. The standard InChI is InChI=1S/C23H25N3O6/c1-23(2,3)17-12-15(26-18(27)8-9-24-22(26)32)11-16(20(17)30)21(31)25-14-6-4-13(5-7-14)10-19(28)29/h4-7,11-12,30H,8-10H2,1-3H3,(H,24,32)(H,25,31)(H,28,29). The number of urea groups is 1. The van der Waals surface area contributed by atoms with Crippen molar-refractivity contribution in [1.29, 1.82) is 0 Å². The molecule has 9 heteroatoms. The van der Waals surface area contributed by atoms with Gasteiger partial charge in [0.15, 0.2) is 0 Å². The number of carbonyl (C=O) groups excluding carboxylic acids is 3. The summed E-state index contributed by atoms with van der Waals surface area (Å²) in [5, 5.41) is 25.0. The average Bonchev–Trinajstić information content (AvgIpc) is 2.69. The van der Waals surface area contributed by atoms with E-state index in [-0.39, 0.29) is 36.4 Å². The number of carboxylic acids is 1. The Kier molecular flexibility index (Phi) is 6.20. The van der Waals surface area contributed by atoms with Crippen molar-refractivity contribution < 1.29 is 29.4 Å². The van der Waals surface area contributed by atoms with Crippen molar-refractivity contribution in [3.8, 4) is 5.75 Å². The zero-order chi connectivity index (χ0) is 23.6. The summed E-state index contributed by atoms with van der Waals surface area (Å²) in [7, 11) is 0. The summed E-state index contributed by atoms with van der Waals surface area (Å²) < 4.78 is 0. The molecule has 0 spiro atoms. The molecule has 1 heterocycles. The van der Waals surface area contributed by atoms with Crippen LogP contribution >= 0.6 is 0 Å². The van der Waals surface area contributed by atoms with Gasteiger partial charge in [0.25, 0.3) is 5.91 Å². The number of hydrogen-bond acceptors (Lipinski definition) is 5. The first kappa shape index (κ1) is 22.8. The molecule has 1 aliphatic rings. The van der Waals surface area contributed by atoms with Crippen molar-refractivity contribution in [2.24, 2.45) is 0 Å². The van der Waals surface area contributed by atoms with Crippen molar-refractivity contribution in [3.63, 3.8) is 0 Å². The zero-order valence-electron chi connectivity index (χ0n) is 18.1. The molecular weight excluding hydrogens is 414 g/mol. The molecule has 3 rings (SSSR count). The first-order valence-corrected chi connectivity index (χ1v) is 10.1. The number of nitrogens with one attached hydrogen (secondary N) is 2. The molecular formula is C23H25N3O6. The molecule has 4 N–H and O–H groups in total. The number of carbonyl (C=O) groups is 4. The van der Waals surface area contributed by atoms with E-state index in [1.54, 1.807) is 24.3 Å². The van der Waals surface area contributed by atoms with Crippen LogP contribution in [-0.4, -0.2) is 40.6 Å². The summed E-state index contributed by atoms with van der Waals surface area (Å²) in [6, 6.07) is 8.53. The molecule has 2 aromatic carbocycles. The second-order valence-electron chi connectivity index (χ2n) is 8.57. The van der Waals surface area contributed by atoms with Crippen molar-refractivity contribution in [2.45, 2.75) is 39.0 Å². The largest absolute Gasteiger partial charge is 0.507 e. The van der Waals surface area contributed by atoms with E-state index in [0.29, 0.717) is 16.8 Å². The first-order valence-electron chi connectivity index (χ1n) is 10.1. The maximum absolute atomic E-state index is 13.0. The van der Waals surface area contributed by atoms with E-state index in [2.05, 4.69) is 10.6 Å². The highest BCUT2D eigenvalue weighted by atomic mass is 16.4. The van der Waals surface area contributed by atoms with E-state index in [0.717, 1.165) is 4.90 Å². The van der Waals surface area contributed by atoms with E-state index >= 15 is 0 Å². The lowest BCUT2D eigenvalue weighted by molar-refractivity contribution is -0.136. The van der Waals surface area contributed by atoms with Gasteiger partial charge in [0, 0.05) is 24.2 Å². The summed E-state index contributed by atoms with van der Waals surface area (Å²) in [4.78, 5) is 49.5. The third-order valence-corrected chi connectivity index (χ3v) is 5.04. The number of aromatic hydroxyl groups is 1. The topological polar surface area (TPSA) is 136 Å². The minimum Gasteiger partial charge on any atom is -0.507 e. The highest BCUT2D eigenvalue weighted by molar-refractivity contribution is 6.17. The maximum atomic E-state index is 13.0. The first-order chi connectivity index (χ1) is 15.0. The summed E-state index contributed by atoms with van der Waals surface area (Å²) in [5.74, 6) is -2.24. The molecule has 0 unspecified atom stereocenters. The lowest BCUT2D eigenvalue weighted by atomic mass is 9.84. The van der Waals surface area contributed by atoms with E-state index in [4.69, 9.17) is 5.11 Å². The van der Waals surface area contributed by atoms with Gasteiger partial charge in [-0.2, -0.15) is 0 Å². The van der Waals surface area contributed by atoms with E-state index in [1.165, 1.54) is 12.1 Å². The fraction of sp³-hybridized carbons (Fsp3) is 0.304. The molecule has 0 saturated carbocycles. The number of carboxylic acid groups (broad SMARTS) is 1. The van der Waals surface area contributed by atoms with Crippen LogP contribution in [0.5, 0.6) is 5.75 Å². The number of aliphatic carboxylic acids is 1. The molecule has 9 nitrogen and oxygen atoms in total. The zero-order valence-corrected chi connectivity index (χ0v) is 18.1. The number of nitrogens with zero attached hydrogens (tertiary/aromatic N) is 1. The van der Waals surface area contributed by atoms with Gasteiger partial charge in [-0.05, 0) is 35.2 Å². The molecule has 1 saturated heterocycles. The van der Waals surface area contributed by atoms with Crippen LogP contribution in [0.25, 0.3) is 0 Å². The fourth-order valence-corrected chi connectivity index (χ4v) is 3.41. The summed E-state index contributed by atoms with van der Waals surface area (Å²) in [6.07, 6.45) is -0.0143. The van der Waals surface area contributed by atoms with Crippen LogP contribution in [0.1, 0.15) is 48.7 Å². The van der Waals surface area contributed by atoms with Gasteiger partial charge >= 0.3 is 12.0 Å².